The number of carbonyl (C=O) groups is 1. The molecule has 0 saturated carbocycles. The number of benzene rings is 1. The summed E-state index contributed by atoms with van der Waals surface area (Å²) in [6.45, 7) is 1.77. The molecule has 0 spiro atoms. The first-order chi connectivity index (χ1) is 6.75. The van der Waals surface area contributed by atoms with Crippen LogP contribution in [0, 0.1) is 0 Å². The summed E-state index contributed by atoms with van der Waals surface area (Å²) in [5, 5.41) is 0. The Labute approximate surface area is 82.5 Å². The van der Waals surface area contributed by atoms with Crippen molar-refractivity contribution in [3.63, 3.8) is 0 Å². The van der Waals surface area contributed by atoms with Gasteiger partial charge in [-0.05, 0) is 24.6 Å². The van der Waals surface area contributed by atoms with E-state index in [1.165, 1.54) is 0 Å². The average Bonchev–Trinajstić information content (AvgIpc) is 2.47. The van der Waals surface area contributed by atoms with Crippen LogP contribution in [-0.4, -0.2) is 5.97 Å². The third-order valence-electron chi connectivity index (χ3n) is 1.97. The number of cyclic esters (lactones) is 1. The van der Waals surface area contributed by atoms with E-state index in [0.717, 1.165) is 5.56 Å². The summed E-state index contributed by atoms with van der Waals surface area (Å²) in [4.78, 5) is 11.2. The van der Waals surface area contributed by atoms with Crippen LogP contribution in [0.15, 0.2) is 47.7 Å². The lowest BCUT2D eigenvalue weighted by Gasteiger charge is -1.93. The van der Waals surface area contributed by atoms with Gasteiger partial charge in [0.15, 0.2) is 0 Å². The molecular formula is C12H10O2. The molecule has 2 nitrogen and oxygen atoms in total. The minimum atomic E-state index is -0.272. The van der Waals surface area contributed by atoms with Crippen LogP contribution in [0.2, 0.25) is 0 Å². The van der Waals surface area contributed by atoms with Crippen LogP contribution >= 0.6 is 0 Å². The number of carbonyl (C=O) groups excluding carboxylic acids is 1. The van der Waals surface area contributed by atoms with Crippen LogP contribution in [-0.2, 0) is 9.53 Å². The van der Waals surface area contributed by atoms with E-state index < -0.39 is 0 Å². The fourth-order valence-corrected chi connectivity index (χ4v) is 1.34. The van der Waals surface area contributed by atoms with E-state index in [-0.39, 0.29) is 5.97 Å². The second kappa shape index (κ2) is 3.50. The van der Waals surface area contributed by atoms with Gasteiger partial charge in [0.2, 0.25) is 0 Å². The van der Waals surface area contributed by atoms with E-state index in [1.807, 2.05) is 36.4 Å². The Morgan fingerprint density at radius 2 is 1.93 bits per heavy atom. The summed E-state index contributed by atoms with van der Waals surface area (Å²) in [5.74, 6) is 0.378. The lowest BCUT2D eigenvalue weighted by Crippen LogP contribution is -1.95. The van der Waals surface area contributed by atoms with Gasteiger partial charge in [-0.25, -0.2) is 4.79 Å². The molecule has 0 radical (unpaired) electrons. The molecule has 0 saturated heterocycles. The Morgan fingerprint density at radius 1 is 1.21 bits per heavy atom. The number of ether oxygens (including phenoxy) is 1. The van der Waals surface area contributed by atoms with Gasteiger partial charge < -0.3 is 4.74 Å². The first-order valence-electron chi connectivity index (χ1n) is 4.43. The van der Waals surface area contributed by atoms with Crippen LogP contribution in [0.4, 0.5) is 0 Å². The molecule has 70 valence electrons. The topological polar surface area (TPSA) is 26.3 Å². The Bertz CT molecular complexity index is 413. The largest absolute Gasteiger partial charge is 0.428 e. The summed E-state index contributed by atoms with van der Waals surface area (Å²) in [6, 6.07) is 9.70. The smallest absolute Gasteiger partial charge is 0.343 e. The lowest BCUT2D eigenvalue weighted by molar-refractivity contribution is -0.133. The van der Waals surface area contributed by atoms with Gasteiger partial charge >= 0.3 is 5.97 Å². The van der Waals surface area contributed by atoms with Crippen molar-refractivity contribution in [2.24, 2.45) is 0 Å². The van der Waals surface area contributed by atoms with Gasteiger partial charge in [0, 0.05) is 0 Å². The molecule has 2 heteroatoms. The summed E-state index contributed by atoms with van der Waals surface area (Å²) >= 11 is 0. The van der Waals surface area contributed by atoms with E-state index in [0.29, 0.717) is 11.3 Å². The summed E-state index contributed by atoms with van der Waals surface area (Å²) in [5.41, 5.74) is 1.61. The van der Waals surface area contributed by atoms with E-state index in [9.17, 15) is 4.79 Å². The molecule has 0 amide bonds. The van der Waals surface area contributed by atoms with Gasteiger partial charge in [-0.3, -0.25) is 0 Å². The van der Waals surface area contributed by atoms with Crippen molar-refractivity contribution in [2.75, 3.05) is 0 Å². The molecule has 0 fully saturated rings. The number of esters is 1. The zero-order valence-corrected chi connectivity index (χ0v) is 7.86. The highest BCUT2D eigenvalue weighted by Gasteiger charge is 2.16. The molecule has 0 aromatic heterocycles. The summed E-state index contributed by atoms with van der Waals surface area (Å²) < 4.78 is 4.90. The molecule has 0 bridgehead atoms. The number of rotatable bonds is 1. The van der Waals surface area contributed by atoms with Crippen molar-refractivity contribution in [1.29, 1.82) is 0 Å². The normalized spacial score (nSPS) is 18.2. The van der Waals surface area contributed by atoms with Crippen LogP contribution < -0.4 is 0 Å². The second-order valence-corrected chi connectivity index (χ2v) is 3.15. The van der Waals surface area contributed by atoms with Crippen LogP contribution in [0.1, 0.15) is 12.5 Å². The molecule has 1 heterocycles. The first kappa shape index (κ1) is 8.75. The molecule has 0 unspecified atom stereocenters. The van der Waals surface area contributed by atoms with Crippen molar-refractivity contribution in [2.45, 2.75) is 6.92 Å². The average molecular weight is 186 g/mol. The molecule has 0 N–H and O–H groups in total. The zero-order valence-electron chi connectivity index (χ0n) is 7.86. The highest BCUT2D eigenvalue weighted by atomic mass is 16.5. The fraction of sp³-hybridized carbons (Fsp3) is 0.0833. The summed E-state index contributed by atoms with van der Waals surface area (Å²) in [7, 11) is 0. The predicted octanol–water partition coefficient (Wildman–Crippen LogP) is 2.53. The van der Waals surface area contributed by atoms with Gasteiger partial charge in [-0.1, -0.05) is 30.3 Å². The highest BCUT2D eigenvalue weighted by molar-refractivity contribution is 5.99. The molecule has 1 aromatic rings. The zero-order chi connectivity index (χ0) is 9.97. The van der Waals surface area contributed by atoms with E-state index >= 15 is 0 Å². The fourth-order valence-electron chi connectivity index (χ4n) is 1.34. The molecular weight excluding hydrogens is 176 g/mol. The Morgan fingerprint density at radius 3 is 2.50 bits per heavy atom. The van der Waals surface area contributed by atoms with Crippen LogP contribution in [0.25, 0.3) is 6.08 Å². The Kier molecular flexibility index (Phi) is 2.19. The van der Waals surface area contributed by atoms with Crippen molar-refractivity contribution in [1.82, 2.24) is 0 Å². The van der Waals surface area contributed by atoms with E-state index in [2.05, 4.69) is 0 Å². The molecule has 0 atom stereocenters. The Hall–Kier alpha value is -1.83. The predicted molar refractivity (Wildman–Crippen MR) is 54.3 cm³/mol. The van der Waals surface area contributed by atoms with Crippen molar-refractivity contribution < 1.29 is 9.53 Å². The third-order valence-corrected chi connectivity index (χ3v) is 1.97. The SMILES string of the molecule is CC1=CC(=Cc2ccccc2)C(=O)O1. The number of hydrogen-bond acceptors (Lipinski definition) is 2. The number of allylic oxidation sites excluding steroid dienone is 1. The van der Waals surface area contributed by atoms with Crippen molar-refractivity contribution >= 4 is 12.0 Å². The van der Waals surface area contributed by atoms with Crippen LogP contribution in [0.5, 0.6) is 0 Å². The minimum absolute atomic E-state index is 0.272. The molecule has 1 aliphatic rings. The molecule has 0 aliphatic carbocycles. The van der Waals surface area contributed by atoms with Gasteiger partial charge in [0.05, 0.1) is 5.57 Å². The maximum atomic E-state index is 11.2. The van der Waals surface area contributed by atoms with Gasteiger partial charge in [-0.2, -0.15) is 0 Å². The molecule has 1 aliphatic heterocycles. The van der Waals surface area contributed by atoms with E-state index in [1.54, 1.807) is 13.0 Å². The Balaban J connectivity index is 2.32. The van der Waals surface area contributed by atoms with Crippen molar-refractivity contribution in [3.05, 3.63) is 53.3 Å². The van der Waals surface area contributed by atoms with E-state index in [4.69, 9.17) is 4.74 Å². The minimum Gasteiger partial charge on any atom is -0.428 e. The first-order valence-corrected chi connectivity index (χ1v) is 4.43. The monoisotopic (exact) mass is 186 g/mol. The highest BCUT2D eigenvalue weighted by Crippen LogP contribution is 2.18. The molecule has 14 heavy (non-hydrogen) atoms. The number of hydrogen-bond donors (Lipinski definition) is 0. The maximum Gasteiger partial charge on any atom is 0.343 e. The molecule has 1 aromatic carbocycles. The van der Waals surface area contributed by atoms with Gasteiger partial charge in [-0.15, -0.1) is 0 Å². The third kappa shape index (κ3) is 1.74. The van der Waals surface area contributed by atoms with Gasteiger partial charge in [0.25, 0.3) is 0 Å². The van der Waals surface area contributed by atoms with Gasteiger partial charge in [0.1, 0.15) is 5.76 Å². The van der Waals surface area contributed by atoms with Crippen LogP contribution in [0.3, 0.4) is 0 Å². The lowest BCUT2D eigenvalue weighted by atomic mass is 10.1. The summed E-state index contributed by atoms with van der Waals surface area (Å²) in [6.07, 6.45) is 3.56. The second-order valence-electron chi connectivity index (χ2n) is 3.15. The molecule has 2 rings (SSSR count). The quantitative estimate of drug-likeness (QED) is 0.497. The van der Waals surface area contributed by atoms with Crippen molar-refractivity contribution in [3.8, 4) is 0 Å². The maximum absolute atomic E-state index is 11.2. The standard InChI is InChI=1S/C12H10O2/c1-9-7-11(12(13)14-9)8-10-5-3-2-4-6-10/h2-8H,1H3.